The number of carbonyl (C=O) groups is 1. The Bertz CT molecular complexity index is 1520. The Balaban J connectivity index is 1.76. The van der Waals surface area contributed by atoms with Crippen molar-refractivity contribution >= 4 is 23.7 Å². The Morgan fingerprint density at radius 3 is 1.74 bits per heavy atom. The van der Waals surface area contributed by atoms with E-state index >= 15 is 4.57 Å². The van der Waals surface area contributed by atoms with Crippen LogP contribution >= 0.6 is 7.14 Å². The van der Waals surface area contributed by atoms with Crippen LogP contribution in [-0.4, -0.2) is 11.2 Å². The first-order valence-corrected chi connectivity index (χ1v) is 14.3. The number of nitriles is 2. The van der Waals surface area contributed by atoms with Crippen LogP contribution in [-0.2, 0) is 20.7 Å². The maximum Gasteiger partial charge on any atom is 0.336 e. The van der Waals surface area contributed by atoms with Gasteiger partial charge in [-0.2, -0.15) is 10.5 Å². The van der Waals surface area contributed by atoms with Crippen LogP contribution in [0.15, 0.2) is 121 Å². The number of nitrogens with one attached hydrogen (secondary N) is 1. The van der Waals surface area contributed by atoms with Gasteiger partial charge in [0.05, 0.1) is 24.1 Å². The summed E-state index contributed by atoms with van der Waals surface area (Å²) in [7, 11) is -4.02. The third-order valence-electron chi connectivity index (χ3n) is 7.25. The number of rotatable bonds is 7. The van der Waals surface area contributed by atoms with Crippen molar-refractivity contribution in [2.45, 2.75) is 17.9 Å². The molecule has 0 amide bonds. The van der Waals surface area contributed by atoms with Gasteiger partial charge in [-0.25, -0.2) is 4.79 Å². The van der Waals surface area contributed by atoms with Crippen LogP contribution in [0.3, 0.4) is 0 Å². The first-order valence-electron chi connectivity index (χ1n) is 12.6. The molecule has 7 heteroatoms. The predicted octanol–water partition coefficient (Wildman–Crippen LogP) is 5.06. The zero-order chi connectivity index (χ0) is 27.3. The van der Waals surface area contributed by atoms with Crippen LogP contribution in [0.25, 0.3) is 0 Å². The highest BCUT2D eigenvalue weighted by Gasteiger charge is 2.69. The molecule has 4 aromatic carbocycles. The Morgan fingerprint density at radius 2 is 1.26 bits per heavy atom. The molecule has 0 bridgehead atoms. The summed E-state index contributed by atoms with van der Waals surface area (Å²) in [5.41, 5.74) is 1.47. The standard InChI is InChI=1S/C32H26N3O3P/c33-21-28-29(22-34)32(35-30(28)25-15-7-2-8-16-25,31(36)38-23-24-13-5-1-6-14-24)39(37,26-17-9-3-10-18-26)27-19-11-4-12-20-27/h1-20,28-30,35H,23H2/t28-,29-,30-,32-/m1/s1. The van der Waals surface area contributed by atoms with Crippen LogP contribution in [0, 0.1) is 34.5 Å². The third-order valence-corrected chi connectivity index (χ3v) is 10.9. The molecule has 1 aliphatic heterocycles. The fourth-order valence-corrected chi connectivity index (χ4v) is 8.96. The van der Waals surface area contributed by atoms with Crippen LogP contribution in [0.1, 0.15) is 17.2 Å². The van der Waals surface area contributed by atoms with Gasteiger partial charge in [-0.15, -0.1) is 0 Å². The average molecular weight is 532 g/mol. The van der Waals surface area contributed by atoms with Crippen molar-refractivity contribution in [2.24, 2.45) is 11.8 Å². The summed E-state index contributed by atoms with van der Waals surface area (Å²) >= 11 is 0. The van der Waals surface area contributed by atoms with E-state index in [0.29, 0.717) is 10.6 Å². The number of benzene rings is 4. The number of hydrogen-bond donors (Lipinski definition) is 1. The Kier molecular flexibility index (Phi) is 7.44. The van der Waals surface area contributed by atoms with Crippen molar-refractivity contribution in [3.05, 3.63) is 132 Å². The van der Waals surface area contributed by atoms with E-state index in [1.807, 2.05) is 60.7 Å². The van der Waals surface area contributed by atoms with Crippen molar-refractivity contribution in [3.63, 3.8) is 0 Å². The third kappa shape index (κ3) is 4.45. The lowest BCUT2D eigenvalue weighted by Gasteiger charge is -2.38. The highest BCUT2D eigenvalue weighted by molar-refractivity contribution is 7.80. The number of hydrogen-bond acceptors (Lipinski definition) is 6. The van der Waals surface area contributed by atoms with E-state index in [0.717, 1.165) is 11.1 Å². The zero-order valence-corrected chi connectivity index (χ0v) is 21.9. The molecule has 4 atom stereocenters. The van der Waals surface area contributed by atoms with Crippen LogP contribution < -0.4 is 15.9 Å². The summed E-state index contributed by atoms with van der Waals surface area (Å²) in [5.74, 6) is -3.07. The molecule has 0 saturated carbocycles. The van der Waals surface area contributed by atoms with Crippen LogP contribution in [0.4, 0.5) is 0 Å². The maximum absolute atomic E-state index is 15.8. The van der Waals surface area contributed by atoms with Crippen molar-refractivity contribution < 1.29 is 14.1 Å². The van der Waals surface area contributed by atoms with Gasteiger partial charge < -0.3 is 9.30 Å². The average Bonchev–Trinajstić information content (AvgIpc) is 3.37. The van der Waals surface area contributed by atoms with Gasteiger partial charge in [0.15, 0.2) is 12.4 Å². The summed E-state index contributed by atoms with van der Waals surface area (Å²) in [6.45, 7) is -0.0714. The molecule has 0 spiro atoms. The number of nitrogens with zero attached hydrogens (tertiary/aromatic N) is 2. The summed E-state index contributed by atoms with van der Waals surface area (Å²) in [4.78, 5) is 14.4. The van der Waals surface area contributed by atoms with E-state index in [1.165, 1.54) is 0 Å². The Labute approximate surface area is 227 Å². The predicted molar refractivity (Wildman–Crippen MR) is 149 cm³/mol. The molecule has 1 aliphatic rings. The monoisotopic (exact) mass is 531 g/mol. The summed E-state index contributed by atoms with van der Waals surface area (Å²) in [6.07, 6.45) is 0. The van der Waals surface area contributed by atoms with E-state index in [2.05, 4.69) is 17.5 Å². The molecule has 1 saturated heterocycles. The number of carbonyl (C=O) groups excluding carboxylic acids is 1. The molecular weight excluding hydrogens is 505 g/mol. The van der Waals surface area contributed by atoms with Gasteiger partial charge in [0.25, 0.3) is 0 Å². The Hall–Kier alpha value is -4.48. The molecule has 0 aliphatic carbocycles. The minimum Gasteiger partial charge on any atom is -0.459 e. The van der Waals surface area contributed by atoms with Gasteiger partial charge in [0.1, 0.15) is 12.5 Å². The van der Waals surface area contributed by atoms with Gasteiger partial charge >= 0.3 is 5.97 Å². The molecule has 39 heavy (non-hydrogen) atoms. The molecule has 0 aromatic heterocycles. The fraction of sp³-hybridized carbons (Fsp3) is 0.156. The summed E-state index contributed by atoms with van der Waals surface area (Å²) in [6, 6.07) is 39.5. The lowest BCUT2D eigenvalue weighted by atomic mass is 9.86. The number of esters is 1. The van der Waals surface area contributed by atoms with Gasteiger partial charge in [-0.3, -0.25) is 5.32 Å². The summed E-state index contributed by atoms with van der Waals surface area (Å²) < 4.78 is 21.7. The second-order valence-corrected chi connectivity index (χ2v) is 12.4. The Morgan fingerprint density at radius 1 is 0.769 bits per heavy atom. The first kappa shape index (κ1) is 26.1. The highest BCUT2D eigenvalue weighted by Crippen LogP contribution is 2.64. The van der Waals surface area contributed by atoms with Gasteiger partial charge in [-0.1, -0.05) is 121 Å². The van der Waals surface area contributed by atoms with Crippen LogP contribution in [0.5, 0.6) is 0 Å². The summed E-state index contributed by atoms with van der Waals surface area (Å²) in [5, 5.41) is 23.0. The van der Waals surface area contributed by atoms with E-state index < -0.39 is 36.3 Å². The second kappa shape index (κ2) is 11.1. The van der Waals surface area contributed by atoms with Crippen molar-refractivity contribution in [1.29, 1.82) is 10.5 Å². The van der Waals surface area contributed by atoms with Crippen molar-refractivity contribution in [3.8, 4) is 12.1 Å². The topological polar surface area (TPSA) is 103 Å². The van der Waals surface area contributed by atoms with E-state index in [1.54, 1.807) is 60.7 Å². The van der Waals surface area contributed by atoms with E-state index in [9.17, 15) is 15.3 Å². The number of ether oxygens (including phenoxy) is 1. The molecule has 192 valence electrons. The first-order chi connectivity index (χ1) is 19.1. The molecule has 1 fully saturated rings. The largest absolute Gasteiger partial charge is 0.459 e. The maximum atomic E-state index is 15.8. The molecule has 1 N–H and O–H groups in total. The molecule has 0 radical (unpaired) electrons. The fourth-order valence-electron chi connectivity index (χ4n) is 5.41. The normalized spacial score (nSPS) is 22.4. The second-order valence-electron chi connectivity index (χ2n) is 9.40. The quantitative estimate of drug-likeness (QED) is 0.264. The minimum absolute atomic E-state index is 0.0714. The highest BCUT2D eigenvalue weighted by atomic mass is 31.2. The molecule has 4 aromatic rings. The molecule has 1 heterocycles. The minimum atomic E-state index is -4.02. The molecule has 6 nitrogen and oxygen atoms in total. The smallest absolute Gasteiger partial charge is 0.336 e. The molecule has 0 unspecified atom stereocenters. The lowest BCUT2D eigenvalue weighted by Crippen LogP contribution is -2.56. The van der Waals surface area contributed by atoms with Crippen LogP contribution in [0.2, 0.25) is 0 Å². The lowest BCUT2D eigenvalue weighted by molar-refractivity contribution is -0.149. The zero-order valence-electron chi connectivity index (χ0n) is 21.1. The van der Waals surface area contributed by atoms with Crippen molar-refractivity contribution in [1.82, 2.24) is 5.32 Å². The SMILES string of the molecule is N#C[C@H]1[C@@H](c2ccccc2)N[C@@](C(=O)OCc2ccccc2)(P(=O)(c2ccccc2)c2ccccc2)[C@@H]1C#N. The molecular formula is C32H26N3O3P. The van der Waals surface area contributed by atoms with Gasteiger partial charge in [0, 0.05) is 10.6 Å². The van der Waals surface area contributed by atoms with Gasteiger partial charge in [0.2, 0.25) is 0 Å². The van der Waals surface area contributed by atoms with Gasteiger partial charge in [-0.05, 0) is 11.1 Å². The van der Waals surface area contributed by atoms with E-state index in [-0.39, 0.29) is 6.61 Å². The van der Waals surface area contributed by atoms with E-state index in [4.69, 9.17) is 4.74 Å². The van der Waals surface area contributed by atoms with Crippen molar-refractivity contribution in [2.75, 3.05) is 0 Å². The molecule has 5 rings (SSSR count).